The summed E-state index contributed by atoms with van der Waals surface area (Å²) in [4.78, 5) is 21.5. The van der Waals surface area contributed by atoms with E-state index in [-0.39, 0.29) is 12.2 Å². The highest BCUT2D eigenvalue weighted by atomic mass is 16.5. The van der Waals surface area contributed by atoms with Gasteiger partial charge in [0.1, 0.15) is 0 Å². The van der Waals surface area contributed by atoms with Gasteiger partial charge in [0, 0.05) is 20.1 Å². The molecule has 7 nitrogen and oxygen atoms in total. The number of carboxylic acid groups (broad SMARTS) is 1. The van der Waals surface area contributed by atoms with Crippen molar-refractivity contribution in [2.75, 3.05) is 7.11 Å². The van der Waals surface area contributed by atoms with Gasteiger partial charge >= 0.3 is 11.7 Å². The lowest BCUT2D eigenvalue weighted by Crippen LogP contribution is -2.25. The van der Waals surface area contributed by atoms with E-state index in [0.29, 0.717) is 18.9 Å². The first-order valence-corrected chi connectivity index (χ1v) is 10.1. The van der Waals surface area contributed by atoms with E-state index >= 15 is 0 Å². The molecule has 0 spiro atoms. The molecule has 1 aromatic heterocycles. The van der Waals surface area contributed by atoms with Crippen LogP contribution in [0.15, 0.2) is 39.5 Å². The van der Waals surface area contributed by atoms with Crippen molar-refractivity contribution in [1.29, 1.82) is 0 Å². The smallest absolute Gasteiger partial charge is 0.437 e. The molecule has 0 saturated heterocycles. The summed E-state index contributed by atoms with van der Waals surface area (Å²) in [6.07, 6.45) is 3.56. The van der Waals surface area contributed by atoms with Gasteiger partial charge < -0.3 is 14.3 Å². The Balaban J connectivity index is 0.000000606. The number of ether oxygens (including phenoxy) is 1. The molecule has 0 aliphatic heterocycles. The monoisotopic (exact) mass is 408 g/mol. The van der Waals surface area contributed by atoms with E-state index in [4.69, 9.17) is 14.3 Å². The molecule has 1 heterocycles. The maximum absolute atomic E-state index is 11.4. The van der Waals surface area contributed by atoms with Crippen LogP contribution < -0.4 is 5.76 Å². The van der Waals surface area contributed by atoms with Crippen LogP contribution in [-0.4, -0.2) is 33.6 Å². The second kappa shape index (κ2) is 14.6. The summed E-state index contributed by atoms with van der Waals surface area (Å²) in [6.45, 7) is 10.1. The maximum Gasteiger partial charge on any atom is 0.437 e. The minimum atomic E-state index is -0.832. The van der Waals surface area contributed by atoms with Crippen molar-refractivity contribution in [1.82, 2.24) is 9.78 Å². The Morgan fingerprint density at radius 1 is 1.21 bits per heavy atom. The topological polar surface area (TPSA) is 94.6 Å². The minimum absolute atomic E-state index is 0.0451. The largest absolute Gasteiger partial charge is 0.481 e. The summed E-state index contributed by atoms with van der Waals surface area (Å²) in [6, 6.07) is 10.3. The number of hydrogen-bond acceptors (Lipinski definition) is 5. The lowest BCUT2D eigenvalue weighted by Gasteiger charge is -2.19. The summed E-state index contributed by atoms with van der Waals surface area (Å²) >= 11 is 0. The average Bonchev–Trinajstić information content (AvgIpc) is 3.03. The van der Waals surface area contributed by atoms with E-state index in [1.165, 1.54) is 17.4 Å². The first kappa shape index (κ1) is 26.6. The molecule has 0 aliphatic rings. The Morgan fingerprint density at radius 2 is 1.83 bits per heavy atom. The second-order valence-corrected chi connectivity index (χ2v) is 6.86. The lowest BCUT2D eigenvalue weighted by atomic mass is 10.1. The van der Waals surface area contributed by atoms with Crippen molar-refractivity contribution < 1.29 is 19.1 Å². The molecule has 164 valence electrons. The Kier molecular flexibility index (Phi) is 13.4. The third-order valence-electron chi connectivity index (χ3n) is 3.91. The molecular formula is C22H36N2O5. The number of carboxylic acids is 1. The zero-order valence-corrected chi connectivity index (χ0v) is 18.6. The second-order valence-electron chi connectivity index (χ2n) is 6.86. The van der Waals surface area contributed by atoms with Crippen molar-refractivity contribution in [2.24, 2.45) is 0 Å². The first-order valence-electron chi connectivity index (χ1n) is 10.1. The number of carbonyl (C=O) groups is 1. The Hall–Kier alpha value is -2.41. The number of nitrogens with zero attached hydrogens (tertiary/aromatic N) is 2. The summed E-state index contributed by atoms with van der Waals surface area (Å²) in [5.74, 6) is -0.627. The van der Waals surface area contributed by atoms with Gasteiger partial charge in [-0.1, -0.05) is 51.1 Å². The van der Waals surface area contributed by atoms with Crippen molar-refractivity contribution in [3.05, 3.63) is 52.3 Å². The SMILES string of the molecule is CC.CCCn1nc(CCCc2ccccc2)oc1=O.COC(C)(C)CC(=O)O. The standard InChI is InChI=1S/C14H18N2O2.C6H12O3.C2H6/c1-2-11-16-14(17)18-13(15-16)10-6-9-12-7-4-3-5-8-12;1-6(2,9-3)4-5(7)8;1-2/h3-5,7-8H,2,6,9-11H2,1H3;4H2,1-3H3,(H,7,8);1-2H3. The predicted molar refractivity (Wildman–Crippen MR) is 114 cm³/mol. The van der Waals surface area contributed by atoms with Crippen LogP contribution in [-0.2, 0) is 28.9 Å². The normalized spacial score (nSPS) is 10.4. The Morgan fingerprint density at radius 3 is 2.31 bits per heavy atom. The van der Waals surface area contributed by atoms with Crippen molar-refractivity contribution >= 4 is 5.97 Å². The highest BCUT2D eigenvalue weighted by Gasteiger charge is 2.19. The van der Waals surface area contributed by atoms with Crippen LogP contribution in [0.5, 0.6) is 0 Å². The molecule has 0 atom stereocenters. The molecule has 1 N–H and O–H groups in total. The molecule has 0 unspecified atom stereocenters. The Bertz CT molecular complexity index is 735. The molecule has 0 fully saturated rings. The van der Waals surface area contributed by atoms with Crippen molar-refractivity contribution in [3.63, 3.8) is 0 Å². The molecule has 0 radical (unpaired) electrons. The van der Waals surface area contributed by atoms with E-state index in [0.717, 1.165) is 19.3 Å². The van der Waals surface area contributed by atoms with E-state index < -0.39 is 11.6 Å². The maximum atomic E-state index is 11.4. The molecule has 0 saturated carbocycles. The Labute approximate surface area is 173 Å². The van der Waals surface area contributed by atoms with Gasteiger partial charge in [0.25, 0.3) is 0 Å². The van der Waals surface area contributed by atoms with E-state index in [1.807, 2.05) is 39.0 Å². The van der Waals surface area contributed by atoms with Crippen molar-refractivity contribution in [3.8, 4) is 0 Å². The summed E-state index contributed by atoms with van der Waals surface area (Å²) in [5.41, 5.74) is 0.763. The molecule has 0 amide bonds. The van der Waals surface area contributed by atoms with E-state index in [1.54, 1.807) is 13.8 Å². The van der Waals surface area contributed by atoms with Crippen LogP contribution in [0.3, 0.4) is 0 Å². The number of methoxy groups -OCH3 is 1. The van der Waals surface area contributed by atoms with Gasteiger partial charge in [-0.2, -0.15) is 4.68 Å². The van der Waals surface area contributed by atoms with Crippen LogP contribution in [0.1, 0.15) is 65.3 Å². The zero-order chi connectivity index (χ0) is 22.3. The van der Waals surface area contributed by atoms with Gasteiger partial charge in [0.15, 0.2) is 0 Å². The van der Waals surface area contributed by atoms with Gasteiger partial charge in [-0.05, 0) is 38.7 Å². The molecule has 7 heteroatoms. The van der Waals surface area contributed by atoms with E-state index in [2.05, 4.69) is 17.2 Å². The van der Waals surface area contributed by atoms with Crippen LogP contribution in [0.4, 0.5) is 0 Å². The fraction of sp³-hybridized carbons (Fsp3) is 0.591. The lowest BCUT2D eigenvalue weighted by molar-refractivity contribution is -0.142. The zero-order valence-electron chi connectivity index (χ0n) is 18.6. The predicted octanol–water partition coefficient (Wildman–Crippen LogP) is 4.33. The molecule has 0 aliphatic carbocycles. The summed E-state index contributed by atoms with van der Waals surface area (Å²) in [7, 11) is 1.50. The third-order valence-corrected chi connectivity index (χ3v) is 3.91. The van der Waals surface area contributed by atoms with Gasteiger partial charge in [0.05, 0.1) is 12.0 Å². The van der Waals surface area contributed by atoms with Crippen LogP contribution in [0.2, 0.25) is 0 Å². The highest BCUT2D eigenvalue weighted by Crippen LogP contribution is 2.11. The van der Waals surface area contributed by atoms with Gasteiger partial charge in [0.2, 0.25) is 5.89 Å². The number of aromatic nitrogens is 2. The summed E-state index contributed by atoms with van der Waals surface area (Å²) < 4.78 is 11.4. The van der Waals surface area contributed by atoms with Crippen LogP contribution >= 0.6 is 0 Å². The van der Waals surface area contributed by atoms with Crippen LogP contribution in [0.25, 0.3) is 0 Å². The fourth-order valence-electron chi connectivity index (χ4n) is 2.33. The van der Waals surface area contributed by atoms with E-state index in [9.17, 15) is 9.59 Å². The first-order chi connectivity index (χ1) is 13.8. The van der Waals surface area contributed by atoms with Gasteiger partial charge in [-0.3, -0.25) is 4.79 Å². The minimum Gasteiger partial charge on any atom is -0.481 e. The summed E-state index contributed by atoms with van der Waals surface area (Å²) in [5, 5.41) is 12.5. The number of aliphatic carboxylic acids is 1. The molecule has 2 aromatic rings. The van der Waals surface area contributed by atoms with Crippen LogP contribution in [0, 0.1) is 0 Å². The van der Waals surface area contributed by atoms with Gasteiger partial charge in [-0.25, -0.2) is 4.79 Å². The number of aryl methyl sites for hydroxylation is 3. The van der Waals surface area contributed by atoms with Crippen molar-refractivity contribution in [2.45, 2.75) is 78.9 Å². The molecular weight excluding hydrogens is 372 g/mol. The molecule has 0 bridgehead atoms. The molecule has 29 heavy (non-hydrogen) atoms. The molecule has 2 rings (SSSR count). The van der Waals surface area contributed by atoms with Gasteiger partial charge in [-0.15, -0.1) is 5.10 Å². The number of rotatable bonds is 9. The number of benzene rings is 1. The highest BCUT2D eigenvalue weighted by molar-refractivity contribution is 5.67. The third kappa shape index (κ3) is 11.9. The fourth-order valence-corrected chi connectivity index (χ4v) is 2.33. The average molecular weight is 409 g/mol. The number of hydrogen-bond donors (Lipinski definition) is 1. The molecule has 1 aromatic carbocycles. The quantitative estimate of drug-likeness (QED) is 0.663.